The van der Waals surface area contributed by atoms with Crippen LogP contribution in [0.25, 0.3) is 0 Å². The van der Waals surface area contributed by atoms with Gasteiger partial charge >= 0.3 is 12.0 Å². The SMILES string of the molecule is CNc1cc(N(C)C(=O)Nc2cc(C(=O)OCc3ccccc3)ccc2C)ncn1. The summed E-state index contributed by atoms with van der Waals surface area (Å²) in [6.07, 6.45) is 1.37. The Hall–Kier alpha value is -3.94. The number of anilines is 3. The van der Waals surface area contributed by atoms with Gasteiger partial charge < -0.3 is 15.4 Å². The van der Waals surface area contributed by atoms with Crippen molar-refractivity contribution in [1.29, 1.82) is 0 Å². The minimum atomic E-state index is -0.461. The summed E-state index contributed by atoms with van der Waals surface area (Å²) in [7, 11) is 3.34. The topological polar surface area (TPSA) is 96.5 Å². The predicted octanol–water partition coefficient (Wildman–Crippen LogP) is 3.85. The molecule has 0 atom stereocenters. The summed E-state index contributed by atoms with van der Waals surface area (Å²) in [6.45, 7) is 2.03. The zero-order chi connectivity index (χ0) is 21.5. The summed E-state index contributed by atoms with van der Waals surface area (Å²) in [5.41, 5.74) is 2.59. The smallest absolute Gasteiger partial charge is 0.338 e. The van der Waals surface area contributed by atoms with Crippen molar-refractivity contribution in [3.8, 4) is 0 Å². The van der Waals surface area contributed by atoms with Gasteiger partial charge in [-0.2, -0.15) is 0 Å². The van der Waals surface area contributed by atoms with Gasteiger partial charge in [-0.25, -0.2) is 19.6 Å². The molecule has 0 aliphatic heterocycles. The molecule has 0 bridgehead atoms. The van der Waals surface area contributed by atoms with Crippen LogP contribution in [0, 0.1) is 6.92 Å². The van der Waals surface area contributed by atoms with E-state index in [1.807, 2.05) is 37.3 Å². The Morgan fingerprint density at radius 3 is 2.57 bits per heavy atom. The van der Waals surface area contributed by atoms with E-state index < -0.39 is 12.0 Å². The van der Waals surface area contributed by atoms with Crippen LogP contribution in [0.4, 0.5) is 22.1 Å². The van der Waals surface area contributed by atoms with Crippen molar-refractivity contribution in [2.45, 2.75) is 13.5 Å². The zero-order valence-corrected chi connectivity index (χ0v) is 17.0. The average molecular weight is 405 g/mol. The Balaban J connectivity index is 1.69. The van der Waals surface area contributed by atoms with E-state index in [-0.39, 0.29) is 6.61 Å². The highest BCUT2D eigenvalue weighted by Crippen LogP contribution is 2.20. The molecule has 30 heavy (non-hydrogen) atoms. The van der Waals surface area contributed by atoms with Crippen molar-refractivity contribution in [3.05, 3.63) is 77.6 Å². The number of nitrogens with zero attached hydrogens (tertiary/aromatic N) is 3. The fourth-order valence-electron chi connectivity index (χ4n) is 2.66. The Morgan fingerprint density at radius 2 is 1.83 bits per heavy atom. The van der Waals surface area contributed by atoms with Gasteiger partial charge in [-0.1, -0.05) is 36.4 Å². The maximum atomic E-state index is 12.7. The van der Waals surface area contributed by atoms with Gasteiger partial charge in [0.25, 0.3) is 0 Å². The number of esters is 1. The summed E-state index contributed by atoms with van der Waals surface area (Å²) in [5, 5.41) is 5.72. The third-order valence-corrected chi connectivity index (χ3v) is 4.48. The lowest BCUT2D eigenvalue weighted by Crippen LogP contribution is -2.32. The van der Waals surface area contributed by atoms with Gasteiger partial charge in [-0.3, -0.25) is 4.90 Å². The predicted molar refractivity (Wildman–Crippen MR) is 116 cm³/mol. The first-order valence-corrected chi connectivity index (χ1v) is 9.34. The maximum absolute atomic E-state index is 12.7. The summed E-state index contributed by atoms with van der Waals surface area (Å²) < 4.78 is 5.37. The van der Waals surface area contributed by atoms with Gasteiger partial charge in [0.1, 0.15) is 24.6 Å². The second kappa shape index (κ2) is 9.51. The third kappa shape index (κ3) is 5.11. The van der Waals surface area contributed by atoms with Crippen molar-refractivity contribution in [2.75, 3.05) is 29.6 Å². The second-order valence-electron chi connectivity index (χ2n) is 6.59. The first kappa shape index (κ1) is 20.8. The molecule has 0 aliphatic rings. The number of hydrogen-bond donors (Lipinski definition) is 2. The first-order chi connectivity index (χ1) is 14.5. The van der Waals surface area contributed by atoms with Gasteiger partial charge in [0, 0.05) is 25.8 Å². The monoisotopic (exact) mass is 405 g/mol. The van der Waals surface area contributed by atoms with E-state index in [9.17, 15) is 9.59 Å². The van der Waals surface area contributed by atoms with Crippen LogP contribution in [0.5, 0.6) is 0 Å². The van der Waals surface area contributed by atoms with E-state index in [0.717, 1.165) is 11.1 Å². The quantitative estimate of drug-likeness (QED) is 0.605. The molecule has 1 heterocycles. The standard InChI is InChI=1S/C22H23N5O3/c1-15-9-10-17(21(28)30-13-16-7-5-4-6-8-16)11-18(15)26-22(29)27(3)20-12-19(23-2)24-14-25-20/h4-12,14H,13H2,1-3H3,(H,26,29)(H,23,24,25). The average Bonchev–Trinajstić information content (AvgIpc) is 2.79. The maximum Gasteiger partial charge on any atom is 0.338 e. The number of ether oxygens (including phenoxy) is 1. The van der Waals surface area contributed by atoms with Crippen LogP contribution >= 0.6 is 0 Å². The Kier molecular flexibility index (Phi) is 6.59. The van der Waals surface area contributed by atoms with Gasteiger partial charge in [0.15, 0.2) is 0 Å². The van der Waals surface area contributed by atoms with E-state index in [2.05, 4.69) is 20.6 Å². The number of amides is 2. The molecule has 0 unspecified atom stereocenters. The summed E-state index contributed by atoms with van der Waals surface area (Å²) >= 11 is 0. The van der Waals surface area contributed by atoms with Gasteiger partial charge in [-0.05, 0) is 30.2 Å². The number of aromatic nitrogens is 2. The Labute approximate surface area is 174 Å². The number of rotatable bonds is 6. The summed E-state index contributed by atoms with van der Waals surface area (Å²) in [4.78, 5) is 34.6. The highest BCUT2D eigenvalue weighted by molar-refractivity contribution is 6.02. The van der Waals surface area contributed by atoms with E-state index in [1.165, 1.54) is 11.2 Å². The van der Waals surface area contributed by atoms with E-state index in [1.54, 1.807) is 38.4 Å². The van der Waals surface area contributed by atoms with Crippen LogP contribution in [0.15, 0.2) is 60.9 Å². The van der Waals surface area contributed by atoms with Gasteiger partial charge in [-0.15, -0.1) is 0 Å². The largest absolute Gasteiger partial charge is 0.457 e. The van der Waals surface area contributed by atoms with Crippen LogP contribution in [-0.2, 0) is 11.3 Å². The number of carbonyl (C=O) groups is 2. The highest BCUT2D eigenvalue weighted by atomic mass is 16.5. The number of urea groups is 1. The zero-order valence-electron chi connectivity index (χ0n) is 17.0. The summed E-state index contributed by atoms with van der Waals surface area (Å²) in [5.74, 6) is 0.569. The van der Waals surface area contributed by atoms with Gasteiger partial charge in [0.05, 0.1) is 5.56 Å². The highest BCUT2D eigenvalue weighted by Gasteiger charge is 2.16. The minimum Gasteiger partial charge on any atom is -0.457 e. The molecule has 2 N–H and O–H groups in total. The van der Waals surface area contributed by atoms with Crippen molar-refractivity contribution in [3.63, 3.8) is 0 Å². The second-order valence-corrected chi connectivity index (χ2v) is 6.59. The molecular formula is C22H23N5O3. The first-order valence-electron chi connectivity index (χ1n) is 9.34. The van der Waals surface area contributed by atoms with Crippen molar-refractivity contribution in [2.24, 2.45) is 0 Å². The summed E-state index contributed by atoms with van der Waals surface area (Å²) in [6, 6.07) is 15.7. The van der Waals surface area contributed by atoms with E-state index in [4.69, 9.17) is 4.74 Å². The molecule has 0 aliphatic carbocycles. The molecule has 2 aromatic carbocycles. The fourth-order valence-corrected chi connectivity index (χ4v) is 2.66. The number of benzene rings is 2. The van der Waals surface area contributed by atoms with E-state index >= 15 is 0 Å². The Morgan fingerprint density at radius 1 is 1.07 bits per heavy atom. The molecule has 3 rings (SSSR count). The molecule has 8 nitrogen and oxygen atoms in total. The molecule has 0 radical (unpaired) electrons. The van der Waals surface area contributed by atoms with Crippen LogP contribution in [-0.4, -0.2) is 36.1 Å². The van der Waals surface area contributed by atoms with Crippen LogP contribution in [0.2, 0.25) is 0 Å². The molecule has 154 valence electrons. The Bertz CT molecular complexity index is 1040. The molecule has 0 fully saturated rings. The lowest BCUT2D eigenvalue weighted by molar-refractivity contribution is 0.0472. The molecule has 0 saturated carbocycles. The number of aryl methyl sites for hydroxylation is 1. The fraction of sp³-hybridized carbons (Fsp3) is 0.182. The van der Waals surface area contributed by atoms with Crippen LogP contribution < -0.4 is 15.5 Å². The van der Waals surface area contributed by atoms with Crippen LogP contribution in [0.1, 0.15) is 21.5 Å². The minimum absolute atomic E-state index is 0.180. The van der Waals surface area contributed by atoms with Crippen molar-refractivity contribution < 1.29 is 14.3 Å². The van der Waals surface area contributed by atoms with Crippen molar-refractivity contribution in [1.82, 2.24) is 9.97 Å². The molecule has 0 saturated heterocycles. The normalized spacial score (nSPS) is 10.2. The molecule has 1 aromatic heterocycles. The van der Waals surface area contributed by atoms with E-state index in [0.29, 0.717) is 22.9 Å². The lowest BCUT2D eigenvalue weighted by Gasteiger charge is -2.18. The number of hydrogen-bond acceptors (Lipinski definition) is 6. The number of carbonyl (C=O) groups excluding carboxylic acids is 2. The molecular weight excluding hydrogens is 382 g/mol. The molecule has 8 heteroatoms. The van der Waals surface area contributed by atoms with Gasteiger partial charge in [0.2, 0.25) is 0 Å². The molecule has 3 aromatic rings. The number of nitrogens with one attached hydrogen (secondary N) is 2. The lowest BCUT2D eigenvalue weighted by atomic mass is 10.1. The molecule has 2 amide bonds. The van der Waals surface area contributed by atoms with Crippen LogP contribution in [0.3, 0.4) is 0 Å². The third-order valence-electron chi connectivity index (χ3n) is 4.48. The molecule has 0 spiro atoms. The van der Waals surface area contributed by atoms with Crippen molar-refractivity contribution >= 4 is 29.3 Å².